The lowest BCUT2D eigenvalue weighted by molar-refractivity contribution is 0.0738. The monoisotopic (exact) mass is 364 g/mol. The molecule has 0 aliphatic rings. The van der Waals surface area contributed by atoms with E-state index >= 15 is 0 Å². The minimum absolute atomic E-state index is 0.131. The first-order valence-corrected chi connectivity index (χ1v) is 9.26. The zero-order valence-electron chi connectivity index (χ0n) is 15.7. The fourth-order valence-electron chi connectivity index (χ4n) is 3.13. The third-order valence-corrected chi connectivity index (χ3v) is 4.39. The van der Waals surface area contributed by atoms with Gasteiger partial charge in [0.05, 0.1) is 18.7 Å². The largest absolute Gasteiger partial charge is 0.493 e. The molecular formula is C22H24N2O3. The van der Waals surface area contributed by atoms with Crippen molar-refractivity contribution in [3.05, 3.63) is 76.1 Å². The number of carbonyl (C=O) groups excluding carboxylic acids is 1. The standard InChI is InChI=1S/C22H24N2O3/c1-3-13-24(22(26)18-10-6-8-12-20(18)27-4-2)15-17-14-16-9-5-7-11-19(16)23-21(17)25/h5-12,14H,3-4,13,15H2,1-2H3,(H,23,25). The van der Waals surface area contributed by atoms with Crippen LogP contribution in [-0.2, 0) is 6.54 Å². The van der Waals surface area contributed by atoms with Crippen LogP contribution >= 0.6 is 0 Å². The van der Waals surface area contributed by atoms with Gasteiger partial charge in [-0.1, -0.05) is 37.3 Å². The molecule has 0 saturated heterocycles. The average Bonchev–Trinajstić information content (AvgIpc) is 2.68. The van der Waals surface area contributed by atoms with Gasteiger partial charge < -0.3 is 14.6 Å². The summed E-state index contributed by atoms with van der Waals surface area (Å²) in [5.74, 6) is 0.437. The minimum Gasteiger partial charge on any atom is -0.493 e. The molecule has 0 aliphatic carbocycles. The fourth-order valence-corrected chi connectivity index (χ4v) is 3.13. The number of hydrogen-bond acceptors (Lipinski definition) is 3. The lowest BCUT2D eigenvalue weighted by Crippen LogP contribution is -2.33. The zero-order valence-corrected chi connectivity index (χ0v) is 15.7. The van der Waals surface area contributed by atoms with Crippen LogP contribution in [0.25, 0.3) is 10.9 Å². The van der Waals surface area contributed by atoms with Crippen molar-refractivity contribution in [3.8, 4) is 5.75 Å². The zero-order chi connectivity index (χ0) is 19.2. The third-order valence-electron chi connectivity index (χ3n) is 4.39. The van der Waals surface area contributed by atoms with Gasteiger partial charge in [0.2, 0.25) is 0 Å². The Morgan fingerprint density at radius 1 is 1.07 bits per heavy atom. The van der Waals surface area contributed by atoms with E-state index in [1.165, 1.54) is 0 Å². The van der Waals surface area contributed by atoms with Crippen molar-refractivity contribution >= 4 is 16.8 Å². The molecule has 3 aromatic rings. The van der Waals surface area contributed by atoms with Gasteiger partial charge >= 0.3 is 0 Å². The van der Waals surface area contributed by atoms with E-state index in [1.807, 2.05) is 56.3 Å². The summed E-state index contributed by atoms with van der Waals surface area (Å²) in [7, 11) is 0. The van der Waals surface area contributed by atoms with Crippen molar-refractivity contribution in [2.24, 2.45) is 0 Å². The summed E-state index contributed by atoms with van der Waals surface area (Å²) in [6, 6.07) is 16.7. The van der Waals surface area contributed by atoms with Crippen molar-refractivity contribution in [2.75, 3.05) is 13.2 Å². The molecule has 0 spiro atoms. The average molecular weight is 364 g/mol. The molecule has 0 aliphatic heterocycles. The highest BCUT2D eigenvalue weighted by Crippen LogP contribution is 2.21. The molecule has 1 heterocycles. The van der Waals surface area contributed by atoms with Crippen LogP contribution in [0.1, 0.15) is 36.2 Å². The molecule has 0 radical (unpaired) electrons. The number of nitrogens with zero attached hydrogens (tertiary/aromatic N) is 1. The van der Waals surface area contributed by atoms with E-state index < -0.39 is 0 Å². The number of nitrogens with one attached hydrogen (secondary N) is 1. The van der Waals surface area contributed by atoms with Crippen molar-refractivity contribution in [1.29, 1.82) is 0 Å². The van der Waals surface area contributed by atoms with Crippen LogP contribution in [0.3, 0.4) is 0 Å². The number of benzene rings is 2. The van der Waals surface area contributed by atoms with E-state index in [9.17, 15) is 9.59 Å². The first-order valence-electron chi connectivity index (χ1n) is 9.26. The van der Waals surface area contributed by atoms with Gasteiger partial charge in [-0.3, -0.25) is 9.59 Å². The van der Waals surface area contributed by atoms with Crippen molar-refractivity contribution < 1.29 is 9.53 Å². The summed E-state index contributed by atoms with van der Waals surface area (Å²) in [5.41, 5.74) is 1.72. The molecule has 2 aromatic carbocycles. The number of aromatic amines is 1. The Balaban J connectivity index is 1.94. The highest BCUT2D eigenvalue weighted by molar-refractivity contribution is 5.97. The molecule has 5 nitrogen and oxygen atoms in total. The quantitative estimate of drug-likeness (QED) is 0.690. The smallest absolute Gasteiger partial charge is 0.257 e. The number of amides is 1. The van der Waals surface area contributed by atoms with Gasteiger partial charge in [-0.2, -0.15) is 0 Å². The summed E-state index contributed by atoms with van der Waals surface area (Å²) in [6.07, 6.45) is 0.800. The van der Waals surface area contributed by atoms with E-state index in [2.05, 4.69) is 4.98 Å². The molecule has 0 saturated carbocycles. The molecule has 0 atom stereocenters. The summed E-state index contributed by atoms with van der Waals surface area (Å²) in [6.45, 7) is 5.21. The lowest BCUT2D eigenvalue weighted by atomic mass is 10.1. The Hall–Kier alpha value is -3.08. The van der Waals surface area contributed by atoms with Gasteiger partial charge in [0.25, 0.3) is 11.5 Å². The second-order valence-electron chi connectivity index (χ2n) is 6.37. The Bertz CT molecular complexity index is 994. The Morgan fingerprint density at radius 3 is 2.59 bits per heavy atom. The second-order valence-corrected chi connectivity index (χ2v) is 6.37. The Morgan fingerprint density at radius 2 is 1.81 bits per heavy atom. The summed E-state index contributed by atoms with van der Waals surface area (Å²) in [5, 5.41) is 0.950. The molecule has 3 rings (SSSR count). The van der Waals surface area contributed by atoms with Crippen LogP contribution in [0.2, 0.25) is 0 Å². The van der Waals surface area contributed by atoms with E-state index in [0.717, 1.165) is 17.3 Å². The molecule has 0 bridgehead atoms. The maximum absolute atomic E-state index is 13.1. The predicted molar refractivity (Wildman–Crippen MR) is 107 cm³/mol. The number of ether oxygens (including phenoxy) is 1. The molecule has 1 N–H and O–H groups in total. The van der Waals surface area contributed by atoms with Gasteiger partial charge in [0.1, 0.15) is 5.75 Å². The van der Waals surface area contributed by atoms with E-state index in [0.29, 0.717) is 30.0 Å². The van der Waals surface area contributed by atoms with Gasteiger partial charge in [0, 0.05) is 17.6 Å². The van der Waals surface area contributed by atoms with E-state index in [1.54, 1.807) is 17.0 Å². The fraction of sp³-hybridized carbons (Fsp3) is 0.273. The molecular weight excluding hydrogens is 340 g/mol. The minimum atomic E-state index is -0.166. The molecule has 0 unspecified atom stereocenters. The normalized spacial score (nSPS) is 10.7. The predicted octanol–water partition coefficient (Wildman–Crippen LogP) is 3.98. The van der Waals surface area contributed by atoms with Gasteiger partial charge in [-0.25, -0.2) is 0 Å². The number of aromatic nitrogens is 1. The SMILES string of the molecule is CCCN(Cc1cc2ccccc2[nH]c1=O)C(=O)c1ccccc1OCC. The first-order chi connectivity index (χ1) is 13.1. The van der Waals surface area contributed by atoms with Crippen LogP contribution in [-0.4, -0.2) is 28.9 Å². The summed E-state index contributed by atoms with van der Waals surface area (Å²) in [4.78, 5) is 30.2. The van der Waals surface area contributed by atoms with Crippen LogP contribution in [0, 0.1) is 0 Å². The number of rotatable bonds is 7. The lowest BCUT2D eigenvalue weighted by Gasteiger charge is -2.23. The number of hydrogen-bond donors (Lipinski definition) is 1. The summed E-state index contributed by atoms with van der Waals surface area (Å²) < 4.78 is 5.60. The van der Waals surface area contributed by atoms with Gasteiger partial charge in [-0.05, 0) is 43.0 Å². The van der Waals surface area contributed by atoms with Crippen LogP contribution in [0.5, 0.6) is 5.75 Å². The van der Waals surface area contributed by atoms with Crippen molar-refractivity contribution in [2.45, 2.75) is 26.8 Å². The van der Waals surface area contributed by atoms with Gasteiger partial charge in [0.15, 0.2) is 0 Å². The van der Waals surface area contributed by atoms with Crippen LogP contribution in [0.15, 0.2) is 59.4 Å². The Labute approximate surface area is 158 Å². The molecule has 1 amide bonds. The maximum atomic E-state index is 13.1. The van der Waals surface area contributed by atoms with Crippen LogP contribution in [0.4, 0.5) is 0 Å². The maximum Gasteiger partial charge on any atom is 0.257 e. The number of carbonyl (C=O) groups is 1. The second kappa shape index (κ2) is 8.54. The highest BCUT2D eigenvalue weighted by Gasteiger charge is 2.20. The molecule has 140 valence electrons. The van der Waals surface area contributed by atoms with E-state index in [4.69, 9.17) is 4.74 Å². The molecule has 0 fully saturated rings. The molecule has 1 aromatic heterocycles. The highest BCUT2D eigenvalue weighted by atomic mass is 16.5. The first kappa shape index (κ1) is 18.7. The summed E-state index contributed by atoms with van der Waals surface area (Å²) >= 11 is 0. The number of fused-ring (bicyclic) bond motifs is 1. The molecule has 5 heteroatoms. The number of H-pyrrole nitrogens is 1. The third kappa shape index (κ3) is 4.19. The number of pyridine rings is 1. The van der Waals surface area contributed by atoms with Crippen LogP contribution < -0.4 is 10.3 Å². The Kier molecular flexibility index (Phi) is 5.91. The topological polar surface area (TPSA) is 62.4 Å². The van der Waals surface area contributed by atoms with Crippen molar-refractivity contribution in [1.82, 2.24) is 9.88 Å². The van der Waals surface area contributed by atoms with Crippen molar-refractivity contribution in [3.63, 3.8) is 0 Å². The van der Waals surface area contributed by atoms with E-state index in [-0.39, 0.29) is 18.0 Å². The molecule has 27 heavy (non-hydrogen) atoms. The number of para-hydroxylation sites is 2. The van der Waals surface area contributed by atoms with Gasteiger partial charge in [-0.15, -0.1) is 0 Å².